The predicted octanol–water partition coefficient (Wildman–Crippen LogP) is 0.351. The van der Waals surface area contributed by atoms with E-state index in [-0.39, 0.29) is 22.4 Å². The van der Waals surface area contributed by atoms with Gasteiger partial charge in [-0.25, -0.2) is 0 Å². The van der Waals surface area contributed by atoms with Gasteiger partial charge in [-0.3, -0.25) is 0 Å². The van der Waals surface area contributed by atoms with Crippen molar-refractivity contribution in [3.05, 3.63) is 0 Å². The van der Waals surface area contributed by atoms with E-state index in [4.69, 9.17) is 5.73 Å². The molecule has 0 aromatic heterocycles. The van der Waals surface area contributed by atoms with Gasteiger partial charge in [0.15, 0.2) is 0 Å². The molecule has 0 aliphatic carbocycles. The van der Waals surface area contributed by atoms with E-state index >= 15 is 0 Å². The molecule has 2 heteroatoms. The van der Waals surface area contributed by atoms with Gasteiger partial charge in [-0.1, -0.05) is 13.8 Å². The second-order valence-electron chi connectivity index (χ2n) is 1.24. The van der Waals surface area contributed by atoms with E-state index < -0.39 is 0 Å². The quantitative estimate of drug-likeness (QED) is 0.517. The van der Waals surface area contributed by atoms with Crippen LogP contribution in [0.4, 0.5) is 0 Å². The van der Waals surface area contributed by atoms with E-state index in [1.54, 1.807) is 0 Å². The van der Waals surface area contributed by atoms with E-state index in [1.807, 2.05) is 13.8 Å². The monoisotopic (exact) mass is 166 g/mol. The maximum atomic E-state index is 5.11. The number of nitrogens with two attached hydrogens (primary N) is 1. The van der Waals surface area contributed by atoms with E-state index in [0.717, 1.165) is 0 Å². The van der Waals surface area contributed by atoms with Crippen LogP contribution in [-0.2, 0) is 22.4 Å². The summed E-state index contributed by atoms with van der Waals surface area (Å²) in [6.45, 7) is 3.89. The van der Waals surface area contributed by atoms with Crippen LogP contribution in [0, 0.1) is 0 Å². The van der Waals surface area contributed by atoms with Gasteiger partial charge in [0.2, 0.25) is 0 Å². The summed E-state index contributed by atoms with van der Waals surface area (Å²) in [5, 5.41) is 0. The summed E-state index contributed by atoms with van der Waals surface area (Å²) in [5.41, 5.74) is 5.11. The second kappa shape index (κ2) is 4.70. The minimum atomic E-state index is 0. The van der Waals surface area contributed by atoms with Gasteiger partial charge >= 0.3 is 22.4 Å². The van der Waals surface area contributed by atoms with E-state index in [1.165, 1.54) is 0 Å². The van der Waals surface area contributed by atoms with Crippen molar-refractivity contribution in [1.29, 1.82) is 0 Å². The topological polar surface area (TPSA) is 26.0 Å². The van der Waals surface area contributed by atoms with Crippen molar-refractivity contribution in [2.75, 3.05) is 0 Å². The molecule has 0 aliphatic rings. The molecular weight excluding hydrogens is 158 g/mol. The van der Waals surface area contributed by atoms with Gasteiger partial charge in [0.25, 0.3) is 0 Å². The Balaban J connectivity index is 0. The van der Waals surface area contributed by atoms with E-state index in [2.05, 4.69) is 0 Å². The van der Waals surface area contributed by atoms with Gasteiger partial charge in [-0.2, -0.15) is 0 Å². The number of hydrogen-bond donors (Lipinski definition) is 1. The third kappa shape index (κ3) is 69.9. The molecule has 0 atom stereocenters. The molecular formula is C3H9AgN+. The smallest absolute Gasteiger partial charge is 0.328 e. The normalized spacial score (nSPS) is 7.20. The van der Waals surface area contributed by atoms with Gasteiger partial charge in [-0.05, 0) is 6.04 Å². The summed E-state index contributed by atoms with van der Waals surface area (Å²) < 4.78 is 0. The van der Waals surface area contributed by atoms with Gasteiger partial charge in [0, 0.05) is 0 Å². The summed E-state index contributed by atoms with van der Waals surface area (Å²) in [5.74, 6) is 0. The zero-order valence-electron chi connectivity index (χ0n) is 3.46. The van der Waals surface area contributed by atoms with Crippen LogP contribution < -0.4 is 5.73 Å². The van der Waals surface area contributed by atoms with E-state index in [0.29, 0.717) is 6.04 Å². The first-order chi connectivity index (χ1) is 1.73. The SMILES string of the molecule is CC(C)N.[Ag+]. The van der Waals surface area contributed by atoms with Crippen molar-refractivity contribution in [2.24, 2.45) is 5.73 Å². The van der Waals surface area contributed by atoms with Crippen LogP contribution in [0.1, 0.15) is 13.8 Å². The molecule has 0 aliphatic heterocycles. The molecule has 0 saturated carbocycles. The van der Waals surface area contributed by atoms with Crippen LogP contribution in [0.5, 0.6) is 0 Å². The zero-order valence-corrected chi connectivity index (χ0v) is 4.94. The minimum Gasteiger partial charge on any atom is -0.328 e. The first-order valence-electron chi connectivity index (χ1n) is 1.49. The summed E-state index contributed by atoms with van der Waals surface area (Å²) >= 11 is 0. The zero-order chi connectivity index (χ0) is 3.58. The average molecular weight is 167 g/mol. The molecule has 2 N–H and O–H groups in total. The second-order valence-corrected chi connectivity index (χ2v) is 1.24. The standard InChI is InChI=1S/C3H9N.Ag/c1-3(2)4;/h3H,4H2,1-2H3;/q;+1. The van der Waals surface area contributed by atoms with Gasteiger partial charge in [0.05, 0.1) is 0 Å². The summed E-state index contributed by atoms with van der Waals surface area (Å²) in [6, 6.07) is 0.333. The Bertz CT molecular complexity index is 11.6. The van der Waals surface area contributed by atoms with E-state index in [9.17, 15) is 0 Å². The number of hydrogen-bond acceptors (Lipinski definition) is 1. The Labute approximate surface area is 48.4 Å². The molecule has 0 bridgehead atoms. The molecule has 0 unspecified atom stereocenters. The molecule has 0 saturated heterocycles. The third-order valence-corrected chi connectivity index (χ3v) is 0. The van der Waals surface area contributed by atoms with Crippen molar-refractivity contribution in [2.45, 2.75) is 19.9 Å². The molecule has 0 aromatic carbocycles. The molecule has 0 amide bonds. The van der Waals surface area contributed by atoms with Crippen molar-refractivity contribution >= 4 is 0 Å². The van der Waals surface area contributed by atoms with Crippen molar-refractivity contribution < 1.29 is 22.4 Å². The maximum Gasteiger partial charge on any atom is 1.00 e. The van der Waals surface area contributed by atoms with Crippen molar-refractivity contribution in [3.63, 3.8) is 0 Å². The summed E-state index contributed by atoms with van der Waals surface area (Å²) in [7, 11) is 0. The van der Waals surface area contributed by atoms with Crippen LogP contribution >= 0.6 is 0 Å². The van der Waals surface area contributed by atoms with Crippen molar-refractivity contribution in [1.82, 2.24) is 0 Å². The van der Waals surface area contributed by atoms with Crippen LogP contribution in [0.25, 0.3) is 0 Å². The third-order valence-electron chi connectivity index (χ3n) is 0. The summed E-state index contributed by atoms with van der Waals surface area (Å²) in [4.78, 5) is 0. The fourth-order valence-electron chi connectivity index (χ4n) is 0. The molecule has 1 nitrogen and oxygen atoms in total. The fraction of sp³-hybridized carbons (Fsp3) is 1.00. The fourth-order valence-corrected chi connectivity index (χ4v) is 0. The van der Waals surface area contributed by atoms with Crippen LogP contribution in [-0.4, -0.2) is 6.04 Å². The molecule has 5 heavy (non-hydrogen) atoms. The van der Waals surface area contributed by atoms with Crippen LogP contribution in [0.2, 0.25) is 0 Å². The molecule has 0 fully saturated rings. The average Bonchev–Trinajstić information content (AvgIpc) is 0.811. The number of rotatable bonds is 0. The minimum absolute atomic E-state index is 0. The molecule has 0 spiro atoms. The first-order valence-corrected chi connectivity index (χ1v) is 1.49. The van der Waals surface area contributed by atoms with Crippen molar-refractivity contribution in [3.8, 4) is 0 Å². The molecule has 0 aromatic rings. The molecule has 0 rings (SSSR count). The van der Waals surface area contributed by atoms with Crippen LogP contribution in [0.3, 0.4) is 0 Å². The molecule has 0 heterocycles. The molecule has 0 radical (unpaired) electrons. The Hall–Kier alpha value is 0.700. The Morgan fingerprint density at radius 1 is 1.40 bits per heavy atom. The molecule has 36 valence electrons. The Morgan fingerprint density at radius 3 is 1.40 bits per heavy atom. The maximum absolute atomic E-state index is 5.11. The Morgan fingerprint density at radius 2 is 1.40 bits per heavy atom. The Kier molecular flexibility index (Phi) is 8.65. The first kappa shape index (κ1) is 9.20. The van der Waals surface area contributed by atoms with Crippen LogP contribution in [0.15, 0.2) is 0 Å². The summed E-state index contributed by atoms with van der Waals surface area (Å²) in [6.07, 6.45) is 0. The predicted molar refractivity (Wildman–Crippen MR) is 19.3 cm³/mol. The van der Waals surface area contributed by atoms with Gasteiger partial charge in [-0.15, -0.1) is 0 Å². The largest absolute Gasteiger partial charge is 1.00 e. The van der Waals surface area contributed by atoms with Gasteiger partial charge < -0.3 is 5.73 Å². The van der Waals surface area contributed by atoms with Gasteiger partial charge in [0.1, 0.15) is 0 Å².